The number of carbonyl (C=O) groups excluding carboxylic acids is 1. The summed E-state index contributed by atoms with van der Waals surface area (Å²) < 4.78 is 0. The molecule has 0 heterocycles. The lowest BCUT2D eigenvalue weighted by atomic mass is 10.1. The minimum absolute atomic E-state index is 0.252. The van der Waals surface area contributed by atoms with E-state index in [1.807, 2.05) is 6.07 Å². The van der Waals surface area contributed by atoms with Gasteiger partial charge in [0.25, 0.3) is 0 Å². The molecule has 0 saturated heterocycles. The first-order valence-electron chi connectivity index (χ1n) is 6.12. The van der Waals surface area contributed by atoms with Crippen molar-refractivity contribution in [1.82, 2.24) is 5.32 Å². The number of carbonyl (C=O) groups is 1. The van der Waals surface area contributed by atoms with Crippen molar-refractivity contribution in [3.63, 3.8) is 0 Å². The number of nitrogens with two attached hydrogens (primary N) is 1. The van der Waals surface area contributed by atoms with Crippen molar-refractivity contribution >= 4 is 29.3 Å². The molecule has 0 aliphatic carbocycles. The number of aliphatic hydroxyl groups is 1. The number of halogens is 1. The first-order valence-corrected chi connectivity index (χ1v) is 7.66. The highest BCUT2D eigenvalue weighted by Gasteiger charge is 2.05. The van der Waals surface area contributed by atoms with Gasteiger partial charge in [-0.3, -0.25) is 4.79 Å². The van der Waals surface area contributed by atoms with Crippen LogP contribution in [0.4, 0.5) is 0 Å². The molecule has 1 aromatic carbocycles. The molecule has 4 nitrogen and oxygen atoms in total. The van der Waals surface area contributed by atoms with Crippen LogP contribution in [0, 0.1) is 0 Å². The van der Waals surface area contributed by atoms with Crippen LogP contribution in [0.15, 0.2) is 18.2 Å². The second-order valence-electron chi connectivity index (χ2n) is 4.04. The van der Waals surface area contributed by atoms with E-state index in [0.717, 1.165) is 30.0 Å². The van der Waals surface area contributed by atoms with Crippen LogP contribution in [0.2, 0.25) is 5.02 Å². The predicted octanol–water partition coefficient (Wildman–Crippen LogP) is 1.64. The quantitative estimate of drug-likeness (QED) is 0.606. The molecule has 0 aliphatic rings. The maximum atomic E-state index is 11.0. The molecule has 0 spiro atoms. The monoisotopic (exact) mass is 302 g/mol. The molecule has 1 amide bonds. The summed E-state index contributed by atoms with van der Waals surface area (Å²) in [5.41, 5.74) is 6.55. The Hall–Kier alpha value is -0.750. The zero-order valence-corrected chi connectivity index (χ0v) is 12.3. The summed E-state index contributed by atoms with van der Waals surface area (Å²) >= 11 is 7.88. The van der Waals surface area contributed by atoms with Gasteiger partial charge in [-0.25, -0.2) is 0 Å². The third-order valence-corrected chi connectivity index (χ3v) is 3.94. The number of rotatable bonds is 9. The second-order valence-corrected chi connectivity index (χ2v) is 5.67. The molecule has 1 rings (SSSR count). The molecule has 0 bridgehead atoms. The molecule has 4 N–H and O–H groups in total. The van der Waals surface area contributed by atoms with Gasteiger partial charge < -0.3 is 16.2 Å². The van der Waals surface area contributed by atoms with Gasteiger partial charge in [-0.15, -0.1) is 0 Å². The fourth-order valence-electron chi connectivity index (χ4n) is 1.48. The first-order chi connectivity index (χ1) is 9.15. The van der Waals surface area contributed by atoms with E-state index >= 15 is 0 Å². The third kappa shape index (κ3) is 6.29. The molecule has 1 aromatic rings. The van der Waals surface area contributed by atoms with Gasteiger partial charge in [0.05, 0.1) is 0 Å². The van der Waals surface area contributed by atoms with E-state index in [9.17, 15) is 4.79 Å². The Balaban J connectivity index is 2.28. The summed E-state index contributed by atoms with van der Waals surface area (Å²) in [7, 11) is 0. The fourth-order valence-corrected chi connectivity index (χ4v) is 2.55. The van der Waals surface area contributed by atoms with E-state index in [-0.39, 0.29) is 6.61 Å². The summed E-state index contributed by atoms with van der Waals surface area (Å²) in [6, 6.07) is 5.09. The number of nitrogens with one attached hydrogen (secondary N) is 1. The largest absolute Gasteiger partial charge is 0.396 e. The van der Waals surface area contributed by atoms with Crippen LogP contribution in [-0.4, -0.2) is 35.7 Å². The number of amides is 1. The Bertz CT molecular complexity index is 416. The lowest BCUT2D eigenvalue weighted by Gasteiger charge is -2.07. The van der Waals surface area contributed by atoms with Gasteiger partial charge in [0.15, 0.2) is 0 Å². The maximum absolute atomic E-state index is 11.0. The van der Waals surface area contributed by atoms with Gasteiger partial charge in [-0.1, -0.05) is 17.7 Å². The van der Waals surface area contributed by atoms with E-state index in [1.165, 1.54) is 0 Å². The average Bonchev–Trinajstić information content (AvgIpc) is 2.39. The summed E-state index contributed by atoms with van der Waals surface area (Å²) in [5.74, 6) is 1.50. The van der Waals surface area contributed by atoms with Gasteiger partial charge in [-0.2, -0.15) is 11.8 Å². The van der Waals surface area contributed by atoms with Crippen LogP contribution >= 0.6 is 23.4 Å². The minimum Gasteiger partial charge on any atom is -0.396 e. The van der Waals surface area contributed by atoms with Crippen molar-refractivity contribution in [1.29, 1.82) is 0 Å². The molecule has 0 atom stereocenters. The normalized spacial score (nSPS) is 10.6. The molecule has 0 unspecified atom stereocenters. The van der Waals surface area contributed by atoms with Crippen LogP contribution in [0.25, 0.3) is 0 Å². The summed E-state index contributed by atoms with van der Waals surface area (Å²) in [6.45, 7) is 1.80. The lowest BCUT2D eigenvalue weighted by Crippen LogP contribution is -2.17. The smallest absolute Gasteiger partial charge is 0.248 e. The third-order valence-electron chi connectivity index (χ3n) is 2.52. The van der Waals surface area contributed by atoms with Crippen molar-refractivity contribution in [3.05, 3.63) is 34.3 Å². The van der Waals surface area contributed by atoms with Crippen molar-refractivity contribution in [2.24, 2.45) is 5.73 Å². The Morgan fingerprint density at radius 3 is 2.84 bits per heavy atom. The SMILES string of the molecule is NC(=O)c1ccc(CNCCSCCCO)c(Cl)c1. The molecule has 0 saturated carbocycles. The van der Waals surface area contributed by atoms with E-state index in [1.54, 1.807) is 23.9 Å². The molecule has 0 aromatic heterocycles. The Labute approximate surface area is 122 Å². The highest BCUT2D eigenvalue weighted by atomic mass is 35.5. The van der Waals surface area contributed by atoms with E-state index < -0.39 is 5.91 Å². The van der Waals surface area contributed by atoms with Crippen molar-refractivity contribution in [2.45, 2.75) is 13.0 Å². The van der Waals surface area contributed by atoms with E-state index in [0.29, 0.717) is 17.1 Å². The molecular formula is C13H19ClN2O2S. The number of primary amides is 1. The number of hydrogen-bond acceptors (Lipinski definition) is 4. The number of thioether (sulfide) groups is 1. The van der Waals surface area contributed by atoms with Gasteiger partial charge in [-0.05, 0) is 29.9 Å². The molecule has 0 fully saturated rings. The molecule has 106 valence electrons. The summed E-state index contributed by atoms with van der Waals surface area (Å²) in [6.07, 6.45) is 0.838. The summed E-state index contributed by atoms with van der Waals surface area (Å²) in [5, 5.41) is 12.5. The molecule has 0 aliphatic heterocycles. The second kappa shape index (κ2) is 9.20. The van der Waals surface area contributed by atoms with Gasteiger partial charge >= 0.3 is 0 Å². The van der Waals surface area contributed by atoms with Crippen LogP contribution in [-0.2, 0) is 6.54 Å². The van der Waals surface area contributed by atoms with Crippen molar-refractivity contribution < 1.29 is 9.90 Å². The minimum atomic E-state index is -0.471. The number of benzene rings is 1. The van der Waals surface area contributed by atoms with Crippen LogP contribution in [0.5, 0.6) is 0 Å². The maximum Gasteiger partial charge on any atom is 0.248 e. The van der Waals surface area contributed by atoms with Crippen LogP contribution in [0.1, 0.15) is 22.3 Å². The zero-order chi connectivity index (χ0) is 14.1. The Morgan fingerprint density at radius 2 is 2.21 bits per heavy atom. The van der Waals surface area contributed by atoms with Crippen LogP contribution in [0.3, 0.4) is 0 Å². The Morgan fingerprint density at radius 1 is 1.42 bits per heavy atom. The fraction of sp³-hybridized carbons (Fsp3) is 0.462. The average molecular weight is 303 g/mol. The molecule has 0 radical (unpaired) electrons. The van der Waals surface area contributed by atoms with Gasteiger partial charge in [0, 0.05) is 36.0 Å². The molecule has 19 heavy (non-hydrogen) atoms. The molecular weight excluding hydrogens is 284 g/mol. The lowest BCUT2D eigenvalue weighted by molar-refractivity contribution is 0.100. The number of hydrogen-bond donors (Lipinski definition) is 3. The van der Waals surface area contributed by atoms with Crippen molar-refractivity contribution in [3.8, 4) is 0 Å². The van der Waals surface area contributed by atoms with Crippen LogP contribution < -0.4 is 11.1 Å². The highest BCUT2D eigenvalue weighted by Crippen LogP contribution is 2.17. The van der Waals surface area contributed by atoms with Gasteiger partial charge in [0.2, 0.25) is 5.91 Å². The van der Waals surface area contributed by atoms with E-state index in [4.69, 9.17) is 22.4 Å². The van der Waals surface area contributed by atoms with E-state index in [2.05, 4.69) is 5.32 Å². The first kappa shape index (κ1) is 16.3. The Kier molecular flexibility index (Phi) is 7.90. The van der Waals surface area contributed by atoms with Crippen molar-refractivity contribution in [2.75, 3.05) is 24.7 Å². The molecule has 6 heteroatoms. The topological polar surface area (TPSA) is 75.4 Å². The predicted molar refractivity (Wildman–Crippen MR) is 80.7 cm³/mol. The van der Waals surface area contributed by atoms with Gasteiger partial charge in [0.1, 0.15) is 0 Å². The standard InChI is InChI=1S/C13H19ClN2O2S/c14-12-8-10(13(15)18)2-3-11(12)9-16-4-7-19-6-1-5-17/h2-3,8,16-17H,1,4-7,9H2,(H2,15,18). The zero-order valence-electron chi connectivity index (χ0n) is 10.7. The number of aliphatic hydroxyl groups excluding tert-OH is 1. The highest BCUT2D eigenvalue weighted by molar-refractivity contribution is 7.99. The summed E-state index contributed by atoms with van der Waals surface area (Å²) in [4.78, 5) is 11.0.